The van der Waals surface area contributed by atoms with Gasteiger partial charge in [-0.1, -0.05) is 24.3 Å². The van der Waals surface area contributed by atoms with Gasteiger partial charge in [-0.2, -0.15) is 0 Å². The normalized spacial score (nSPS) is 12.5. The zero-order chi connectivity index (χ0) is 24.1. The molecule has 0 amide bonds. The van der Waals surface area contributed by atoms with E-state index in [4.69, 9.17) is 18.9 Å². The van der Waals surface area contributed by atoms with Crippen LogP contribution in [-0.4, -0.2) is 44.6 Å². The molecule has 1 aliphatic rings. The first-order valence-corrected chi connectivity index (χ1v) is 11.2. The van der Waals surface area contributed by atoms with Gasteiger partial charge in [-0.25, -0.2) is 4.79 Å². The van der Waals surface area contributed by atoms with Crippen LogP contribution in [0.2, 0.25) is 0 Å². The van der Waals surface area contributed by atoms with Crippen molar-refractivity contribution in [3.8, 4) is 28.4 Å². The maximum absolute atomic E-state index is 11.3. The average molecular weight is 461 g/mol. The highest BCUT2D eigenvalue weighted by Crippen LogP contribution is 2.46. The van der Waals surface area contributed by atoms with Gasteiger partial charge in [-0.15, -0.1) is 0 Å². The highest BCUT2D eigenvalue weighted by molar-refractivity contribution is 6.01. The summed E-state index contributed by atoms with van der Waals surface area (Å²) in [7, 11) is 3.33. The number of carboxylic acids is 1. The van der Waals surface area contributed by atoms with Crippen molar-refractivity contribution in [2.75, 3.05) is 27.4 Å². The largest absolute Gasteiger partial charge is 0.497 e. The monoisotopic (exact) mass is 460 g/mol. The molecule has 1 unspecified atom stereocenters. The van der Waals surface area contributed by atoms with Gasteiger partial charge in [0.25, 0.3) is 0 Å². The Bertz CT molecular complexity index is 1140. The summed E-state index contributed by atoms with van der Waals surface area (Å²) in [5, 5.41) is 9.27. The van der Waals surface area contributed by atoms with Gasteiger partial charge in [0.05, 0.1) is 14.2 Å². The van der Waals surface area contributed by atoms with Crippen molar-refractivity contribution >= 4 is 11.5 Å². The highest BCUT2D eigenvalue weighted by atomic mass is 16.5. The molecule has 34 heavy (non-hydrogen) atoms. The first-order valence-electron chi connectivity index (χ1n) is 11.2. The Morgan fingerprint density at radius 1 is 0.853 bits per heavy atom. The summed E-state index contributed by atoms with van der Waals surface area (Å²) in [5.74, 6) is 1.37. The van der Waals surface area contributed by atoms with Crippen molar-refractivity contribution in [2.45, 2.75) is 19.4 Å². The van der Waals surface area contributed by atoms with Gasteiger partial charge >= 0.3 is 5.97 Å². The molecule has 0 aromatic heterocycles. The van der Waals surface area contributed by atoms with Crippen LogP contribution in [-0.2, 0) is 16.0 Å². The van der Waals surface area contributed by atoms with E-state index in [-0.39, 0.29) is 0 Å². The minimum Gasteiger partial charge on any atom is -0.497 e. The minimum absolute atomic E-state index is 0.313. The van der Waals surface area contributed by atoms with Crippen LogP contribution in [0.1, 0.15) is 23.6 Å². The minimum atomic E-state index is -0.957. The smallest absolute Gasteiger partial charge is 0.333 e. The molecule has 0 heterocycles. The number of rotatable bonds is 10. The first-order chi connectivity index (χ1) is 16.5. The van der Waals surface area contributed by atoms with Crippen LogP contribution in [0, 0.1) is 0 Å². The number of methoxy groups -OCH3 is 2. The van der Waals surface area contributed by atoms with Crippen molar-refractivity contribution in [3.05, 3.63) is 83.4 Å². The molecule has 1 N–H and O–H groups in total. The van der Waals surface area contributed by atoms with Crippen LogP contribution in [0.3, 0.4) is 0 Å². The summed E-state index contributed by atoms with van der Waals surface area (Å²) in [6.07, 6.45) is 1.54. The fourth-order valence-corrected chi connectivity index (χ4v) is 4.16. The Morgan fingerprint density at radius 2 is 1.41 bits per heavy atom. The number of fused-ring (bicyclic) bond motifs is 3. The number of carbonyl (C=O) groups is 1. The Labute approximate surface area is 199 Å². The van der Waals surface area contributed by atoms with Crippen LogP contribution in [0.5, 0.6) is 17.2 Å². The van der Waals surface area contributed by atoms with E-state index in [2.05, 4.69) is 18.2 Å². The maximum Gasteiger partial charge on any atom is 0.333 e. The van der Waals surface area contributed by atoms with Crippen molar-refractivity contribution in [1.82, 2.24) is 0 Å². The Balaban J connectivity index is 1.51. The van der Waals surface area contributed by atoms with Gasteiger partial charge in [-0.05, 0) is 82.8 Å². The number of ether oxygens (including phenoxy) is 4. The summed E-state index contributed by atoms with van der Waals surface area (Å²) >= 11 is 0. The molecule has 3 aromatic carbocycles. The molecule has 176 valence electrons. The predicted molar refractivity (Wildman–Crippen MR) is 131 cm³/mol. The molecular formula is C28H28O6. The number of carboxylic acid groups (broad SMARTS) is 1. The number of hydrogen-bond donors (Lipinski definition) is 1. The van der Waals surface area contributed by atoms with Crippen molar-refractivity contribution in [3.63, 3.8) is 0 Å². The lowest BCUT2D eigenvalue weighted by atomic mass is 10.0. The molecule has 0 bridgehead atoms. The van der Waals surface area contributed by atoms with E-state index >= 15 is 0 Å². The van der Waals surface area contributed by atoms with Gasteiger partial charge in [0.1, 0.15) is 23.9 Å². The van der Waals surface area contributed by atoms with Gasteiger partial charge in [0.2, 0.25) is 0 Å². The predicted octanol–water partition coefficient (Wildman–Crippen LogP) is 5.23. The molecule has 6 nitrogen and oxygen atoms in total. The van der Waals surface area contributed by atoms with E-state index < -0.39 is 12.1 Å². The lowest BCUT2D eigenvalue weighted by Gasteiger charge is -2.12. The summed E-state index contributed by atoms with van der Waals surface area (Å²) in [5.41, 5.74) is 6.44. The van der Waals surface area contributed by atoms with E-state index in [0.717, 1.165) is 44.9 Å². The van der Waals surface area contributed by atoms with E-state index in [9.17, 15) is 9.90 Å². The van der Waals surface area contributed by atoms with Crippen LogP contribution >= 0.6 is 0 Å². The highest BCUT2D eigenvalue weighted by Gasteiger charge is 2.24. The van der Waals surface area contributed by atoms with Crippen molar-refractivity contribution in [1.29, 1.82) is 0 Å². The lowest BCUT2D eigenvalue weighted by molar-refractivity contribution is -0.149. The number of benzene rings is 3. The number of aliphatic carboxylic acids is 1. The third-order valence-electron chi connectivity index (χ3n) is 5.85. The van der Waals surface area contributed by atoms with Crippen LogP contribution in [0.25, 0.3) is 16.7 Å². The summed E-state index contributed by atoms with van der Waals surface area (Å²) in [4.78, 5) is 11.3. The first kappa shape index (κ1) is 23.4. The second-order valence-corrected chi connectivity index (χ2v) is 7.88. The van der Waals surface area contributed by atoms with E-state index in [0.29, 0.717) is 25.4 Å². The molecule has 6 heteroatoms. The third kappa shape index (κ3) is 4.92. The summed E-state index contributed by atoms with van der Waals surface area (Å²) in [6, 6.07) is 19.6. The standard InChI is InChI=1S/C28H28O6/c1-4-33-27(28(29)30)15-18-5-7-19(8-6-18)34-14-13-24-22-11-9-20(31-2)16-25(22)26-17-21(32-3)10-12-23(24)26/h5-13,16-17,27H,4,14-15H2,1-3H3,(H,29,30). The average Bonchev–Trinajstić information content (AvgIpc) is 3.16. The van der Waals surface area contributed by atoms with Crippen LogP contribution < -0.4 is 14.2 Å². The molecule has 1 aliphatic carbocycles. The Kier molecular flexibility index (Phi) is 7.18. The molecule has 1 atom stereocenters. The maximum atomic E-state index is 11.3. The number of hydrogen-bond acceptors (Lipinski definition) is 5. The van der Waals surface area contributed by atoms with Gasteiger partial charge in [-0.3, -0.25) is 0 Å². The molecule has 0 saturated carbocycles. The fraction of sp³-hybridized carbons (Fsp3) is 0.250. The molecule has 3 aromatic rings. The second-order valence-electron chi connectivity index (χ2n) is 7.88. The van der Waals surface area contributed by atoms with Gasteiger partial charge in [0, 0.05) is 13.0 Å². The molecule has 0 aliphatic heterocycles. The molecule has 0 saturated heterocycles. The van der Waals surface area contributed by atoms with E-state index in [1.54, 1.807) is 21.1 Å². The van der Waals surface area contributed by atoms with E-state index in [1.165, 1.54) is 0 Å². The quantitative estimate of drug-likeness (QED) is 0.349. The van der Waals surface area contributed by atoms with Crippen molar-refractivity contribution in [2.24, 2.45) is 0 Å². The molecule has 0 fully saturated rings. The van der Waals surface area contributed by atoms with Crippen LogP contribution in [0.15, 0.2) is 66.7 Å². The zero-order valence-corrected chi connectivity index (χ0v) is 19.5. The van der Waals surface area contributed by atoms with Crippen LogP contribution in [0.4, 0.5) is 0 Å². The summed E-state index contributed by atoms with van der Waals surface area (Å²) in [6.45, 7) is 2.54. The Hall–Kier alpha value is -3.77. The molecule has 0 spiro atoms. The van der Waals surface area contributed by atoms with Gasteiger partial charge in [0.15, 0.2) is 6.10 Å². The van der Waals surface area contributed by atoms with E-state index in [1.807, 2.05) is 48.5 Å². The second kappa shape index (κ2) is 10.4. The lowest BCUT2D eigenvalue weighted by Crippen LogP contribution is -2.26. The van der Waals surface area contributed by atoms with Gasteiger partial charge < -0.3 is 24.1 Å². The molecular weight excluding hydrogens is 432 g/mol. The molecule has 4 rings (SSSR count). The topological polar surface area (TPSA) is 74.2 Å². The third-order valence-corrected chi connectivity index (χ3v) is 5.85. The molecule has 0 radical (unpaired) electrons. The summed E-state index contributed by atoms with van der Waals surface area (Å²) < 4.78 is 22.1. The fourth-order valence-electron chi connectivity index (χ4n) is 4.16. The van der Waals surface area contributed by atoms with Crippen molar-refractivity contribution < 1.29 is 28.8 Å². The SMILES string of the molecule is CCOC(Cc1ccc(OCC=C2c3ccc(OC)cc3-c3cc(OC)ccc32)cc1)C(=O)O. The zero-order valence-electron chi connectivity index (χ0n) is 19.5. The Morgan fingerprint density at radius 3 is 1.91 bits per heavy atom.